The first kappa shape index (κ1) is 31.2. The van der Waals surface area contributed by atoms with E-state index in [-0.39, 0.29) is 23.6 Å². The number of halogens is 1. The van der Waals surface area contributed by atoms with Gasteiger partial charge in [0, 0.05) is 68.8 Å². The van der Waals surface area contributed by atoms with Crippen LogP contribution in [-0.2, 0) is 11.3 Å². The second kappa shape index (κ2) is 14.0. The number of benzene rings is 3. The van der Waals surface area contributed by atoms with E-state index in [1.165, 1.54) is 12.1 Å². The minimum absolute atomic E-state index is 0.0423. The molecule has 3 aromatic carbocycles. The maximum absolute atomic E-state index is 13.4. The fraction of sp³-hybridized carbons (Fsp3) is 0.400. The Kier molecular flexibility index (Phi) is 9.95. The highest BCUT2D eigenvalue weighted by atomic mass is 19.1. The molecule has 0 saturated carbocycles. The van der Waals surface area contributed by atoms with E-state index in [1.807, 2.05) is 34.9 Å². The van der Waals surface area contributed by atoms with Crippen molar-refractivity contribution < 1.29 is 23.8 Å². The summed E-state index contributed by atoms with van der Waals surface area (Å²) in [5, 5.41) is 13.5. The SMILES string of the molecule is CCN1CCN(c2cccc3c(O)n([C@H](CCCN(Cc4ccc(F)cc4)C(C)=O)c4ccc(OC)c(OC)c4)cc23)CC1. The van der Waals surface area contributed by atoms with Crippen LogP contribution < -0.4 is 14.4 Å². The first-order chi connectivity index (χ1) is 21.3. The number of anilines is 1. The van der Waals surface area contributed by atoms with Crippen LogP contribution in [0.3, 0.4) is 0 Å². The maximum Gasteiger partial charge on any atom is 0.219 e. The Bertz CT molecular complexity index is 1560. The van der Waals surface area contributed by atoms with Crippen molar-refractivity contribution in [1.29, 1.82) is 0 Å². The molecule has 1 aliphatic heterocycles. The van der Waals surface area contributed by atoms with Crippen molar-refractivity contribution in [2.75, 3.05) is 58.4 Å². The molecule has 0 radical (unpaired) electrons. The Morgan fingerprint density at radius 3 is 2.36 bits per heavy atom. The summed E-state index contributed by atoms with van der Waals surface area (Å²) in [6, 6.07) is 18.0. The van der Waals surface area contributed by atoms with Crippen LogP contribution in [0.4, 0.5) is 10.1 Å². The normalized spacial score (nSPS) is 14.5. The number of piperazine rings is 1. The predicted octanol–water partition coefficient (Wildman–Crippen LogP) is 6.06. The van der Waals surface area contributed by atoms with Gasteiger partial charge in [-0.1, -0.05) is 31.2 Å². The minimum Gasteiger partial charge on any atom is -0.494 e. The molecule has 1 fully saturated rings. The summed E-state index contributed by atoms with van der Waals surface area (Å²) < 4.78 is 26.5. The highest BCUT2D eigenvalue weighted by molar-refractivity contribution is 5.98. The molecule has 5 rings (SSSR count). The van der Waals surface area contributed by atoms with Crippen LogP contribution in [0.1, 0.15) is 43.9 Å². The first-order valence-electron chi connectivity index (χ1n) is 15.3. The van der Waals surface area contributed by atoms with Gasteiger partial charge < -0.3 is 33.8 Å². The van der Waals surface area contributed by atoms with Gasteiger partial charge >= 0.3 is 0 Å². The number of nitrogens with zero attached hydrogens (tertiary/aromatic N) is 4. The Morgan fingerprint density at radius 1 is 0.977 bits per heavy atom. The highest BCUT2D eigenvalue weighted by Crippen LogP contribution is 2.40. The molecule has 1 atom stereocenters. The molecule has 0 unspecified atom stereocenters. The van der Waals surface area contributed by atoms with E-state index in [0.717, 1.165) is 60.3 Å². The summed E-state index contributed by atoms with van der Waals surface area (Å²) in [5.41, 5.74) is 2.96. The van der Waals surface area contributed by atoms with Gasteiger partial charge in [0.25, 0.3) is 0 Å². The molecule has 4 aromatic rings. The fourth-order valence-corrected chi connectivity index (χ4v) is 6.20. The molecule has 1 aliphatic rings. The molecule has 0 aliphatic carbocycles. The van der Waals surface area contributed by atoms with Crippen molar-refractivity contribution in [3.8, 4) is 17.4 Å². The third-order valence-corrected chi connectivity index (χ3v) is 8.76. The van der Waals surface area contributed by atoms with E-state index in [9.17, 15) is 14.3 Å². The van der Waals surface area contributed by atoms with Crippen LogP contribution in [0, 0.1) is 5.82 Å². The molecule has 0 spiro atoms. The largest absolute Gasteiger partial charge is 0.494 e. The molecular formula is C35H43FN4O4. The van der Waals surface area contributed by atoms with Crippen LogP contribution in [0.15, 0.2) is 66.9 Å². The second-order valence-corrected chi connectivity index (χ2v) is 11.4. The number of likely N-dealkylation sites (N-methyl/N-ethyl adjacent to an activating group) is 1. The fourth-order valence-electron chi connectivity index (χ4n) is 6.20. The van der Waals surface area contributed by atoms with Gasteiger partial charge in [0.2, 0.25) is 5.91 Å². The second-order valence-electron chi connectivity index (χ2n) is 11.4. The quantitative estimate of drug-likeness (QED) is 0.213. The van der Waals surface area contributed by atoms with Gasteiger partial charge in [-0.25, -0.2) is 4.39 Å². The smallest absolute Gasteiger partial charge is 0.219 e. The van der Waals surface area contributed by atoms with Crippen molar-refractivity contribution in [2.45, 2.75) is 39.3 Å². The average Bonchev–Trinajstić information content (AvgIpc) is 3.38. The zero-order valence-corrected chi connectivity index (χ0v) is 26.1. The number of hydrogen-bond donors (Lipinski definition) is 1. The van der Waals surface area contributed by atoms with Gasteiger partial charge in [-0.2, -0.15) is 0 Å². The highest BCUT2D eigenvalue weighted by Gasteiger charge is 2.24. The summed E-state index contributed by atoms with van der Waals surface area (Å²) in [5.74, 6) is 1.11. The lowest BCUT2D eigenvalue weighted by molar-refractivity contribution is -0.129. The van der Waals surface area contributed by atoms with Crippen LogP contribution in [0.25, 0.3) is 10.8 Å². The standard InChI is InChI=1S/C35H43FN4O4/c1-5-37-18-20-38(21-19-37)32-9-6-8-29-30(32)24-40(35(29)42)31(27-13-16-33(43-3)34(22-27)44-4)10-7-17-39(25(2)41)23-26-11-14-28(36)15-12-26/h6,8-9,11-16,22,24,31,42H,5,7,10,17-21,23H2,1-4H3/t31-/m1/s1. The van der Waals surface area contributed by atoms with Gasteiger partial charge in [-0.3, -0.25) is 4.79 Å². The number of rotatable bonds is 12. The number of aromatic nitrogens is 1. The lowest BCUT2D eigenvalue weighted by atomic mass is 10.0. The number of carbonyl (C=O) groups is 1. The molecule has 1 saturated heterocycles. The topological polar surface area (TPSA) is 70.4 Å². The number of carbonyl (C=O) groups excluding carboxylic acids is 1. The van der Waals surface area contributed by atoms with E-state index >= 15 is 0 Å². The maximum atomic E-state index is 13.4. The molecule has 9 heteroatoms. The number of fused-ring (bicyclic) bond motifs is 1. The van der Waals surface area contributed by atoms with Crippen LogP contribution in [-0.4, -0.2) is 78.9 Å². The number of amides is 1. The third-order valence-electron chi connectivity index (χ3n) is 8.76. The van der Waals surface area contributed by atoms with Crippen molar-refractivity contribution in [1.82, 2.24) is 14.4 Å². The summed E-state index contributed by atoms with van der Waals surface area (Å²) in [6.07, 6.45) is 3.40. The summed E-state index contributed by atoms with van der Waals surface area (Å²) in [7, 11) is 3.22. The molecule has 44 heavy (non-hydrogen) atoms. The van der Waals surface area contributed by atoms with Gasteiger partial charge in [0.05, 0.1) is 20.3 Å². The molecular weight excluding hydrogens is 559 g/mol. The van der Waals surface area contributed by atoms with E-state index in [2.05, 4.69) is 29.0 Å². The van der Waals surface area contributed by atoms with Gasteiger partial charge in [-0.15, -0.1) is 0 Å². The lowest BCUT2D eigenvalue weighted by Gasteiger charge is -2.35. The van der Waals surface area contributed by atoms with Crippen molar-refractivity contribution in [3.05, 3.63) is 83.8 Å². The third kappa shape index (κ3) is 6.78. The zero-order chi connectivity index (χ0) is 31.2. The minimum atomic E-state index is -0.300. The van der Waals surface area contributed by atoms with Crippen LogP contribution >= 0.6 is 0 Å². The van der Waals surface area contributed by atoms with Crippen molar-refractivity contribution in [2.24, 2.45) is 0 Å². The number of aromatic hydroxyl groups is 1. The average molecular weight is 603 g/mol. The molecule has 234 valence electrons. The Balaban J connectivity index is 1.46. The Hall–Kier alpha value is -4.24. The summed E-state index contributed by atoms with van der Waals surface area (Å²) in [4.78, 5) is 19.2. The number of ether oxygens (including phenoxy) is 2. The Labute approximate surface area is 259 Å². The summed E-state index contributed by atoms with van der Waals surface area (Å²) in [6.45, 7) is 9.63. The summed E-state index contributed by atoms with van der Waals surface area (Å²) >= 11 is 0. The van der Waals surface area contributed by atoms with Crippen molar-refractivity contribution >= 4 is 22.4 Å². The van der Waals surface area contributed by atoms with Crippen LogP contribution in [0.5, 0.6) is 17.4 Å². The molecule has 1 aromatic heterocycles. The van der Waals surface area contributed by atoms with Crippen molar-refractivity contribution in [3.63, 3.8) is 0 Å². The number of hydrogen-bond acceptors (Lipinski definition) is 6. The van der Waals surface area contributed by atoms with Gasteiger partial charge in [0.1, 0.15) is 5.82 Å². The molecule has 1 N–H and O–H groups in total. The Morgan fingerprint density at radius 2 is 1.70 bits per heavy atom. The van der Waals surface area contributed by atoms with Gasteiger partial charge in [0.15, 0.2) is 17.4 Å². The van der Waals surface area contributed by atoms with Crippen LogP contribution in [0.2, 0.25) is 0 Å². The van der Waals surface area contributed by atoms with Gasteiger partial charge in [-0.05, 0) is 66.9 Å². The van der Waals surface area contributed by atoms with E-state index in [4.69, 9.17) is 9.47 Å². The molecule has 0 bridgehead atoms. The molecule has 2 heterocycles. The van der Waals surface area contributed by atoms with E-state index < -0.39 is 0 Å². The zero-order valence-electron chi connectivity index (χ0n) is 26.1. The van der Waals surface area contributed by atoms with E-state index in [1.54, 1.807) is 38.2 Å². The predicted molar refractivity (Wildman–Crippen MR) is 172 cm³/mol. The lowest BCUT2D eigenvalue weighted by Crippen LogP contribution is -2.46. The molecule has 8 nitrogen and oxygen atoms in total. The molecule has 1 amide bonds. The first-order valence-corrected chi connectivity index (χ1v) is 15.3. The monoisotopic (exact) mass is 602 g/mol. The number of methoxy groups -OCH3 is 2. The van der Waals surface area contributed by atoms with E-state index in [0.29, 0.717) is 37.4 Å².